The van der Waals surface area contributed by atoms with E-state index in [-0.39, 0.29) is 18.7 Å². The number of rotatable bonds is 11. The van der Waals surface area contributed by atoms with E-state index < -0.39 is 53.2 Å². The largest absolute Gasteiger partial charge is 0.444 e. The molecule has 0 unspecified atom stereocenters. The molecule has 0 saturated heterocycles. The number of fused-ring (bicyclic) bond motifs is 2. The third kappa shape index (κ3) is 12.3. The lowest BCUT2D eigenvalue weighted by Crippen LogP contribution is -2.56. The molecule has 2 aromatic heterocycles. The van der Waals surface area contributed by atoms with Crippen LogP contribution in [0.25, 0.3) is 21.8 Å². The minimum absolute atomic E-state index is 0.0261. The van der Waals surface area contributed by atoms with Crippen LogP contribution in [0.5, 0.6) is 0 Å². The molecule has 2 aromatic carbocycles. The summed E-state index contributed by atoms with van der Waals surface area (Å²) in [5, 5.41) is 10.3. The SMILES string of the molecule is CC(C)(C)OC(=O)N[C@H](Cc1cn(C(=O)OC(C)(C)C)c2ccccc12)C(=O)N[C@H](Cc1cn(C(=O)OC(C)(C)C)c2ccccc12)NC(=O)CCC1CCCCC1. The standard InChI is InChI=1S/C45H61N5O8/c1-43(2,3)56-40(53)46-34(25-30-27-49(41(54)57-44(4,5)6)35-21-15-13-19-32(30)35)39(52)48-37(47-38(51)24-23-29-17-11-10-12-18-29)26-31-28-50(42(55)58-45(7,8)9)36-22-16-14-20-33(31)36/h13-16,19-22,27-29,34,37H,10-12,17-18,23-26H2,1-9H3,(H,46,53)(H,47,51)(H,48,52)/t34-,37-/m1/s1. The number of ether oxygens (including phenoxy) is 3. The lowest BCUT2D eigenvalue weighted by Gasteiger charge is -2.26. The first-order valence-corrected chi connectivity index (χ1v) is 20.4. The van der Waals surface area contributed by atoms with Gasteiger partial charge in [-0.25, -0.2) is 14.4 Å². The van der Waals surface area contributed by atoms with Crippen LogP contribution in [0, 0.1) is 5.92 Å². The van der Waals surface area contributed by atoms with E-state index in [2.05, 4.69) is 16.0 Å². The molecule has 58 heavy (non-hydrogen) atoms. The number of nitrogens with zero attached hydrogens (tertiary/aromatic N) is 2. The molecule has 0 bridgehead atoms. The average molecular weight is 800 g/mol. The number of para-hydroxylation sites is 2. The van der Waals surface area contributed by atoms with E-state index in [1.807, 2.05) is 36.4 Å². The summed E-state index contributed by atoms with van der Waals surface area (Å²) >= 11 is 0. The van der Waals surface area contributed by atoms with Gasteiger partial charge in [0.15, 0.2) is 0 Å². The summed E-state index contributed by atoms with van der Waals surface area (Å²) in [4.78, 5) is 68.1. The Morgan fingerprint density at radius 2 is 1.12 bits per heavy atom. The molecule has 1 saturated carbocycles. The highest BCUT2D eigenvalue weighted by Crippen LogP contribution is 2.28. The topological polar surface area (TPSA) is 159 Å². The average Bonchev–Trinajstić information content (AvgIpc) is 3.67. The van der Waals surface area contributed by atoms with Crippen molar-refractivity contribution < 1.29 is 38.2 Å². The summed E-state index contributed by atoms with van der Waals surface area (Å²) in [7, 11) is 0. The first kappa shape index (κ1) is 43.8. The Morgan fingerprint density at radius 1 is 0.638 bits per heavy atom. The van der Waals surface area contributed by atoms with Gasteiger partial charge in [0.05, 0.1) is 11.0 Å². The van der Waals surface area contributed by atoms with Crippen molar-refractivity contribution in [2.24, 2.45) is 5.92 Å². The van der Waals surface area contributed by atoms with Crippen LogP contribution in [0.2, 0.25) is 0 Å². The van der Waals surface area contributed by atoms with Gasteiger partial charge in [0, 0.05) is 42.4 Å². The second kappa shape index (κ2) is 18.1. The quantitative estimate of drug-likeness (QED) is 0.100. The summed E-state index contributed by atoms with van der Waals surface area (Å²) in [5.41, 5.74) is 0.148. The zero-order valence-corrected chi connectivity index (χ0v) is 35.5. The number of carbonyl (C=O) groups excluding carboxylic acids is 5. The molecule has 13 nitrogen and oxygen atoms in total. The van der Waals surface area contributed by atoms with Crippen molar-refractivity contribution in [2.45, 2.75) is 149 Å². The van der Waals surface area contributed by atoms with Crippen LogP contribution < -0.4 is 16.0 Å². The number of hydrogen-bond acceptors (Lipinski definition) is 8. The zero-order chi connectivity index (χ0) is 42.4. The minimum atomic E-state index is -1.20. The van der Waals surface area contributed by atoms with Gasteiger partial charge in [-0.05, 0) is 97.9 Å². The summed E-state index contributed by atoms with van der Waals surface area (Å²) in [6, 6.07) is 13.4. The van der Waals surface area contributed by atoms with Crippen molar-refractivity contribution in [1.29, 1.82) is 0 Å². The van der Waals surface area contributed by atoms with E-state index in [1.54, 1.807) is 86.8 Å². The molecule has 1 aliphatic carbocycles. The van der Waals surface area contributed by atoms with Crippen LogP contribution in [0.4, 0.5) is 14.4 Å². The molecular weight excluding hydrogens is 739 g/mol. The predicted octanol–water partition coefficient (Wildman–Crippen LogP) is 8.76. The zero-order valence-electron chi connectivity index (χ0n) is 35.5. The molecule has 0 radical (unpaired) electrons. The van der Waals surface area contributed by atoms with Crippen LogP contribution in [-0.2, 0) is 36.6 Å². The highest BCUT2D eigenvalue weighted by Gasteiger charge is 2.30. The number of carbonyl (C=O) groups is 5. The van der Waals surface area contributed by atoms with Crippen molar-refractivity contribution in [2.75, 3.05) is 0 Å². The van der Waals surface area contributed by atoms with Gasteiger partial charge in [-0.3, -0.25) is 18.7 Å². The maximum atomic E-state index is 14.5. The fraction of sp³-hybridized carbons (Fsp3) is 0.533. The van der Waals surface area contributed by atoms with Gasteiger partial charge in [0.25, 0.3) is 0 Å². The van der Waals surface area contributed by atoms with E-state index in [9.17, 15) is 24.0 Å². The molecule has 4 aromatic rings. The van der Waals surface area contributed by atoms with Gasteiger partial charge in [0.2, 0.25) is 11.8 Å². The number of hydrogen-bond donors (Lipinski definition) is 3. The third-order valence-electron chi connectivity index (χ3n) is 9.78. The highest BCUT2D eigenvalue weighted by molar-refractivity contribution is 5.94. The molecule has 3 amide bonds. The Hall–Kier alpha value is -5.33. The molecule has 3 N–H and O–H groups in total. The maximum Gasteiger partial charge on any atom is 0.419 e. The monoisotopic (exact) mass is 799 g/mol. The van der Waals surface area contributed by atoms with Gasteiger partial charge in [-0.1, -0.05) is 68.5 Å². The molecule has 13 heteroatoms. The van der Waals surface area contributed by atoms with Crippen molar-refractivity contribution >= 4 is 51.9 Å². The lowest BCUT2D eigenvalue weighted by molar-refractivity contribution is -0.125. The molecule has 0 spiro atoms. The van der Waals surface area contributed by atoms with Gasteiger partial charge in [-0.15, -0.1) is 0 Å². The second-order valence-corrected chi connectivity index (χ2v) is 18.3. The van der Waals surface area contributed by atoms with Crippen molar-refractivity contribution in [1.82, 2.24) is 25.1 Å². The van der Waals surface area contributed by atoms with Crippen molar-refractivity contribution in [3.8, 4) is 0 Å². The summed E-state index contributed by atoms with van der Waals surface area (Å²) < 4.78 is 19.8. The van der Waals surface area contributed by atoms with Crippen LogP contribution in [-0.4, -0.2) is 68.2 Å². The number of benzene rings is 2. The molecule has 0 aliphatic heterocycles. The van der Waals surface area contributed by atoms with E-state index in [4.69, 9.17) is 14.2 Å². The third-order valence-corrected chi connectivity index (χ3v) is 9.78. The predicted molar refractivity (Wildman–Crippen MR) is 224 cm³/mol. The van der Waals surface area contributed by atoms with E-state index in [0.29, 0.717) is 39.9 Å². The summed E-state index contributed by atoms with van der Waals surface area (Å²) in [6.45, 7) is 15.9. The van der Waals surface area contributed by atoms with Crippen LogP contribution in [0.3, 0.4) is 0 Å². The molecular formula is C45H61N5O8. The Morgan fingerprint density at radius 3 is 1.62 bits per heavy atom. The van der Waals surface area contributed by atoms with E-state index >= 15 is 0 Å². The van der Waals surface area contributed by atoms with Crippen LogP contribution in [0.15, 0.2) is 60.9 Å². The first-order valence-electron chi connectivity index (χ1n) is 20.4. The normalized spacial score (nSPS) is 15.1. The van der Waals surface area contributed by atoms with Crippen molar-refractivity contribution in [3.63, 3.8) is 0 Å². The second-order valence-electron chi connectivity index (χ2n) is 18.3. The Kier molecular flexibility index (Phi) is 13.6. The van der Waals surface area contributed by atoms with Crippen LogP contribution in [0.1, 0.15) is 118 Å². The fourth-order valence-electron chi connectivity index (χ4n) is 7.34. The van der Waals surface area contributed by atoms with Gasteiger partial charge >= 0.3 is 18.3 Å². The Bertz CT molecular complexity index is 2110. The maximum absolute atomic E-state index is 14.5. The molecule has 314 valence electrons. The van der Waals surface area contributed by atoms with E-state index in [0.717, 1.165) is 37.5 Å². The van der Waals surface area contributed by atoms with Crippen LogP contribution >= 0.6 is 0 Å². The van der Waals surface area contributed by atoms with Gasteiger partial charge < -0.3 is 30.2 Å². The Labute approximate surface area is 341 Å². The summed E-state index contributed by atoms with van der Waals surface area (Å²) in [5.74, 6) is -0.332. The number of aromatic nitrogens is 2. The lowest BCUT2D eigenvalue weighted by atomic mass is 9.86. The minimum Gasteiger partial charge on any atom is -0.444 e. The highest BCUT2D eigenvalue weighted by atomic mass is 16.6. The Balaban J connectivity index is 1.48. The number of amides is 3. The molecule has 2 heterocycles. The van der Waals surface area contributed by atoms with Gasteiger partial charge in [0.1, 0.15) is 29.0 Å². The van der Waals surface area contributed by atoms with Crippen molar-refractivity contribution in [3.05, 3.63) is 72.1 Å². The van der Waals surface area contributed by atoms with E-state index in [1.165, 1.54) is 15.6 Å². The molecule has 5 rings (SSSR count). The first-order chi connectivity index (χ1) is 27.2. The molecule has 2 atom stereocenters. The smallest absolute Gasteiger partial charge is 0.419 e. The fourth-order valence-corrected chi connectivity index (χ4v) is 7.34. The van der Waals surface area contributed by atoms with Gasteiger partial charge in [-0.2, -0.15) is 0 Å². The molecule has 1 aliphatic rings. The number of alkyl carbamates (subject to hydrolysis) is 1. The molecule has 1 fully saturated rings. The summed E-state index contributed by atoms with van der Waals surface area (Å²) in [6.07, 6.45) is 7.27. The number of nitrogens with one attached hydrogen (secondary N) is 3.